The number of nitrogens with zero attached hydrogens (tertiary/aromatic N) is 3. The number of hydrogen-bond acceptors (Lipinski definition) is 5. The number of amides is 1. The summed E-state index contributed by atoms with van der Waals surface area (Å²) >= 11 is 0. The summed E-state index contributed by atoms with van der Waals surface area (Å²) in [4.78, 5) is 20.9. The van der Waals surface area contributed by atoms with Gasteiger partial charge in [-0.2, -0.15) is 0 Å². The van der Waals surface area contributed by atoms with Crippen LogP contribution in [0.5, 0.6) is 0 Å². The summed E-state index contributed by atoms with van der Waals surface area (Å²) in [6, 6.07) is 12.1. The first kappa shape index (κ1) is 22.5. The number of pyridine rings is 1. The number of anilines is 1. The molecular weight excluding hydrogens is 407 g/mol. The molecular formula is C25H33FN4O2. The normalized spacial score (nSPS) is 18.9. The van der Waals surface area contributed by atoms with E-state index in [0.29, 0.717) is 38.4 Å². The van der Waals surface area contributed by atoms with Crippen molar-refractivity contribution in [3.05, 3.63) is 59.0 Å². The molecule has 4 rings (SSSR count). The van der Waals surface area contributed by atoms with Gasteiger partial charge in [-0.25, -0.2) is 14.2 Å². The molecule has 1 amide bonds. The van der Waals surface area contributed by atoms with Crippen LogP contribution < -0.4 is 10.2 Å². The maximum atomic E-state index is 15.0. The molecule has 0 radical (unpaired) electrons. The van der Waals surface area contributed by atoms with Gasteiger partial charge < -0.3 is 19.9 Å². The lowest BCUT2D eigenvalue weighted by atomic mass is 9.91. The predicted molar refractivity (Wildman–Crippen MR) is 123 cm³/mol. The molecule has 2 aliphatic rings. The number of aryl methyl sites for hydroxylation is 1. The Hall–Kier alpha value is -2.67. The number of piperazine rings is 1. The fourth-order valence-electron chi connectivity index (χ4n) is 4.30. The molecule has 0 spiro atoms. The Morgan fingerprint density at radius 3 is 2.59 bits per heavy atom. The second-order valence-electron chi connectivity index (χ2n) is 9.65. The second-order valence-corrected chi connectivity index (χ2v) is 9.65. The largest absolute Gasteiger partial charge is 0.444 e. The van der Waals surface area contributed by atoms with Gasteiger partial charge in [0, 0.05) is 56.1 Å². The summed E-state index contributed by atoms with van der Waals surface area (Å²) in [6.07, 6.45) is 2.08. The van der Waals surface area contributed by atoms with E-state index < -0.39 is 5.60 Å². The van der Waals surface area contributed by atoms with Crippen molar-refractivity contribution in [3.63, 3.8) is 0 Å². The standard InChI is InChI=1S/C25H33FN4O2/c1-25(2,3)32-24(31)30-13-11-29(12-14-30)23-16-21(26)20-15-19(9-10-22(20)28-23)27-17-18-7-5-4-6-8-18/h4-8,16,19,27H,9-15,17H2,1-3H3. The molecule has 1 aliphatic carbocycles. The van der Waals surface area contributed by atoms with Crippen molar-refractivity contribution in [3.8, 4) is 0 Å². The minimum absolute atomic E-state index is 0.175. The second kappa shape index (κ2) is 9.45. The Labute approximate surface area is 189 Å². The fraction of sp³-hybridized carbons (Fsp3) is 0.520. The Morgan fingerprint density at radius 1 is 1.19 bits per heavy atom. The topological polar surface area (TPSA) is 57.7 Å². The first-order valence-corrected chi connectivity index (χ1v) is 11.5. The van der Waals surface area contributed by atoms with Crippen LogP contribution in [0.4, 0.5) is 15.0 Å². The summed E-state index contributed by atoms with van der Waals surface area (Å²) in [5.74, 6) is 0.492. The van der Waals surface area contributed by atoms with Gasteiger partial charge in [0.25, 0.3) is 0 Å². The summed E-state index contributed by atoms with van der Waals surface area (Å²) < 4.78 is 20.5. The minimum atomic E-state index is -0.509. The van der Waals surface area contributed by atoms with Crippen LogP contribution in [0, 0.1) is 5.82 Å². The first-order valence-electron chi connectivity index (χ1n) is 11.5. The molecule has 172 valence electrons. The molecule has 1 unspecified atom stereocenters. The van der Waals surface area contributed by atoms with Crippen LogP contribution in [0.1, 0.15) is 44.0 Å². The Morgan fingerprint density at radius 2 is 1.91 bits per heavy atom. The lowest BCUT2D eigenvalue weighted by molar-refractivity contribution is 0.0240. The summed E-state index contributed by atoms with van der Waals surface area (Å²) in [7, 11) is 0. The van der Waals surface area contributed by atoms with Gasteiger partial charge in [0.05, 0.1) is 0 Å². The maximum Gasteiger partial charge on any atom is 0.410 e. The van der Waals surface area contributed by atoms with E-state index in [2.05, 4.69) is 22.3 Å². The van der Waals surface area contributed by atoms with E-state index in [0.717, 1.165) is 30.6 Å². The molecule has 1 aliphatic heterocycles. The van der Waals surface area contributed by atoms with E-state index >= 15 is 4.39 Å². The van der Waals surface area contributed by atoms with Crippen LogP contribution in [0.25, 0.3) is 0 Å². The van der Waals surface area contributed by atoms with Crippen LogP contribution >= 0.6 is 0 Å². The molecule has 32 heavy (non-hydrogen) atoms. The molecule has 1 N–H and O–H groups in total. The van der Waals surface area contributed by atoms with Crippen LogP contribution in [0.3, 0.4) is 0 Å². The van der Waals surface area contributed by atoms with Crippen LogP contribution in [-0.2, 0) is 24.1 Å². The third-order valence-corrected chi connectivity index (χ3v) is 6.02. The highest BCUT2D eigenvalue weighted by Gasteiger charge is 2.28. The highest BCUT2D eigenvalue weighted by Crippen LogP contribution is 2.27. The van der Waals surface area contributed by atoms with Crippen molar-refractivity contribution in [1.82, 2.24) is 15.2 Å². The van der Waals surface area contributed by atoms with Gasteiger partial charge in [0.1, 0.15) is 17.2 Å². The highest BCUT2D eigenvalue weighted by atomic mass is 19.1. The molecule has 0 bridgehead atoms. The number of benzene rings is 1. The van der Waals surface area contributed by atoms with E-state index in [9.17, 15) is 4.79 Å². The Kier molecular flexibility index (Phi) is 6.65. The first-order chi connectivity index (χ1) is 15.3. The van der Waals surface area contributed by atoms with Crippen LogP contribution in [-0.4, -0.2) is 53.8 Å². The van der Waals surface area contributed by atoms with Gasteiger partial charge in [-0.1, -0.05) is 30.3 Å². The Bertz CT molecular complexity index is 937. The van der Waals surface area contributed by atoms with E-state index in [1.54, 1.807) is 11.0 Å². The number of nitrogens with one attached hydrogen (secondary N) is 1. The molecule has 0 saturated carbocycles. The molecule has 1 saturated heterocycles. The van der Waals surface area contributed by atoms with Crippen molar-refractivity contribution in [2.75, 3.05) is 31.1 Å². The number of aromatic nitrogens is 1. The van der Waals surface area contributed by atoms with Gasteiger partial charge in [0.2, 0.25) is 0 Å². The third-order valence-electron chi connectivity index (χ3n) is 6.02. The lowest BCUT2D eigenvalue weighted by Gasteiger charge is -2.36. The number of fused-ring (bicyclic) bond motifs is 1. The van der Waals surface area contributed by atoms with Crippen LogP contribution in [0.2, 0.25) is 0 Å². The van der Waals surface area contributed by atoms with Crippen molar-refractivity contribution in [2.24, 2.45) is 0 Å². The van der Waals surface area contributed by atoms with E-state index in [-0.39, 0.29) is 18.0 Å². The number of carbonyl (C=O) groups excluding carboxylic acids is 1. The van der Waals surface area contributed by atoms with Crippen molar-refractivity contribution in [2.45, 2.75) is 58.2 Å². The van der Waals surface area contributed by atoms with Gasteiger partial charge >= 0.3 is 6.09 Å². The molecule has 1 atom stereocenters. The number of ether oxygens (including phenoxy) is 1. The average molecular weight is 441 g/mol. The predicted octanol–water partition coefficient (Wildman–Crippen LogP) is 3.92. The van der Waals surface area contributed by atoms with Crippen molar-refractivity contribution in [1.29, 1.82) is 0 Å². The zero-order valence-electron chi connectivity index (χ0n) is 19.2. The minimum Gasteiger partial charge on any atom is -0.444 e. The van der Waals surface area contributed by atoms with E-state index in [4.69, 9.17) is 9.72 Å². The van der Waals surface area contributed by atoms with Crippen molar-refractivity contribution >= 4 is 11.9 Å². The molecule has 2 aromatic rings. The monoisotopic (exact) mass is 440 g/mol. The smallest absolute Gasteiger partial charge is 0.410 e. The SMILES string of the molecule is CC(C)(C)OC(=O)N1CCN(c2cc(F)c3c(n2)CCC(NCc2ccccc2)C3)CC1. The number of halogens is 1. The molecule has 7 heteroatoms. The number of rotatable bonds is 4. The van der Waals surface area contributed by atoms with Crippen molar-refractivity contribution < 1.29 is 13.9 Å². The van der Waals surface area contributed by atoms with Gasteiger partial charge in [0.15, 0.2) is 0 Å². The van der Waals surface area contributed by atoms with Gasteiger partial charge in [-0.15, -0.1) is 0 Å². The molecule has 1 aromatic heterocycles. The quantitative estimate of drug-likeness (QED) is 0.781. The molecule has 2 heterocycles. The molecule has 1 fully saturated rings. The third kappa shape index (κ3) is 5.57. The van der Waals surface area contributed by atoms with Gasteiger partial charge in [-0.05, 0) is 45.6 Å². The Balaban J connectivity index is 1.35. The summed E-state index contributed by atoms with van der Waals surface area (Å²) in [5, 5.41) is 3.56. The van der Waals surface area contributed by atoms with Gasteiger partial charge in [-0.3, -0.25) is 0 Å². The maximum absolute atomic E-state index is 15.0. The zero-order chi connectivity index (χ0) is 22.7. The van der Waals surface area contributed by atoms with Crippen LogP contribution in [0.15, 0.2) is 36.4 Å². The average Bonchev–Trinajstić information content (AvgIpc) is 2.77. The number of carbonyl (C=O) groups is 1. The lowest BCUT2D eigenvalue weighted by Crippen LogP contribution is -2.50. The zero-order valence-corrected chi connectivity index (χ0v) is 19.2. The molecule has 1 aromatic carbocycles. The summed E-state index contributed by atoms with van der Waals surface area (Å²) in [5.41, 5.74) is 2.33. The molecule has 6 nitrogen and oxygen atoms in total. The highest BCUT2D eigenvalue weighted by molar-refractivity contribution is 5.68. The fourth-order valence-corrected chi connectivity index (χ4v) is 4.30. The number of hydrogen-bond donors (Lipinski definition) is 1. The summed E-state index contributed by atoms with van der Waals surface area (Å²) in [6.45, 7) is 8.70. The van der Waals surface area contributed by atoms with E-state index in [1.807, 2.05) is 39.0 Å². The van der Waals surface area contributed by atoms with E-state index in [1.165, 1.54) is 5.56 Å².